The maximum atomic E-state index is 11.8. The number of rotatable bonds is 9. The van der Waals surface area contributed by atoms with Gasteiger partial charge in [-0.15, -0.1) is 24.0 Å². The van der Waals surface area contributed by atoms with E-state index in [9.17, 15) is 8.42 Å². The molecule has 1 atom stereocenters. The van der Waals surface area contributed by atoms with Crippen LogP contribution in [0, 0.1) is 5.92 Å². The first-order chi connectivity index (χ1) is 9.96. The van der Waals surface area contributed by atoms with Gasteiger partial charge in [0.15, 0.2) is 5.96 Å². The molecule has 0 aromatic carbocycles. The molecular weight excluding hydrogens is 419 g/mol. The fourth-order valence-corrected chi connectivity index (χ4v) is 3.04. The summed E-state index contributed by atoms with van der Waals surface area (Å²) in [5, 5.41) is 6.12. The number of halogens is 1. The number of methoxy groups -OCH3 is 1. The molecule has 22 heavy (non-hydrogen) atoms. The first-order valence-corrected chi connectivity index (χ1v) is 9.05. The van der Waals surface area contributed by atoms with Crippen LogP contribution < -0.4 is 15.4 Å². The quantitative estimate of drug-likeness (QED) is 0.272. The summed E-state index contributed by atoms with van der Waals surface area (Å²) in [5.41, 5.74) is 0. The molecule has 0 heterocycles. The van der Waals surface area contributed by atoms with Crippen LogP contribution in [-0.4, -0.2) is 60.0 Å². The Balaban J connectivity index is 0.00000441. The number of guanidine groups is 1. The lowest BCUT2D eigenvalue weighted by molar-refractivity contribution is 0.179. The molecule has 1 aliphatic rings. The number of nitrogens with one attached hydrogen (secondary N) is 3. The van der Waals surface area contributed by atoms with Crippen LogP contribution in [0.2, 0.25) is 0 Å². The smallest absolute Gasteiger partial charge is 0.213 e. The van der Waals surface area contributed by atoms with E-state index in [4.69, 9.17) is 4.74 Å². The summed E-state index contributed by atoms with van der Waals surface area (Å²) in [4.78, 5) is 4.05. The molecule has 0 aromatic rings. The van der Waals surface area contributed by atoms with Crippen LogP contribution in [0.15, 0.2) is 4.99 Å². The minimum Gasteiger partial charge on any atom is -0.383 e. The van der Waals surface area contributed by atoms with E-state index in [0.717, 1.165) is 12.8 Å². The topological polar surface area (TPSA) is 91.8 Å². The fourth-order valence-electron chi connectivity index (χ4n) is 2.04. The molecule has 1 rings (SSSR count). The highest BCUT2D eigenvalue weighted by molar-refractivity contribution is 14.0. The molecule has 7 nitrogen and oxygen atoms in total. The SMILES string of the molecule is CN=C(NCCS(=O)(=O)NCC1CCC1)NC(C)COC.I. The van der Waals surface area contributed by atoms with Gasteiger partial charge in [0.2, 0.25) is 10.0 Å². The van der Waals surface area contributed by atoms with Crippen molar-refractivity contribution in [1.82, 2.24) is 15.4 Å². The van der Waals surface area contributed by atoms with E-state index in [1.165, 1.54) is 6.42 Å². The Morgan fingerprint density at radius 2 is 2.09 bits per heavy atom. The van der Waals surface area contributed by atoms with Crippen LogP contribution in [0.1, 0.15) is 26.2 Å². The van der Waals surface area contributed by atoms with Gasteiger partial charge in [0.1, 0.15) is 0 Å². The second-order valence-electron chi connectivity index (χ2n) is 5.46. The van der Waals surface area contributed by atoms with E-state index < -0.39 is 10.0 Å². The Kier molecular flexibility index (Phi) is 11.3. The third-order valence-corrected chi connectivity index (χ3v) is 4.85. The standard InChI is InChI=1S/C13H28N4O3S.HI/c1-11(10-20-3)17-13(14-2)15-7-8-21(18,19)16-9-12-5-4-6-12;/h11-12,16H,4-10H2,1-3H3,(H2,14,15,17);1H. The summed E-state index contributed by atoms with van der Waals surface area (Å²) in [7, 11) is 0.0692. The molecule has 1 saturated carbocycles. The molecule has 0 aromatic heterocycles. The van der Waals surface area contributed by atoms with Gasteiger partial charge in [-0.25, -0.2) is 13.1 Å². The molecule has 0 radical (unpaired) electrons. The number of hydrogen-bond donors (Lipinski definition) is 3. The van der Waals surface area contributed by atoms with E-state index in [-0.39, 0.29) is 35.8 Å². The summed E-state index contributed by atoms with van der Waals surface area (Å²) in [6.07, 6.45) is 3.49. The summed E-state index contributed by atoms with van der Waals surface area (Å²) >= 11 is 0. The van der Waals surface area contributed by atoms with Gasteiger partial charge >= 0.3 is 0 Å². The van der Waals surface area contributed by atoms with Crippen molar-refractivity contribution in [3.8, 4) is 0 Å². The van der Waals surface area contributed by atoms with Gasteiger partial charge in [-0.2, -0.15) is 0 Å². The minimum atomic E-state index is -3.22. The lowest BCUT2D eigenvalue weighted by atomic mass is 9.86. The highest BCUT2D eigenvalue weighted by atomic mass is 127. The zero-order chi connectivity index (χ0) is 15.7. The third-order valence-electron chi connectivity index (χ3n) is 3.50. The van der Waals surface area contributed by atoms with Gasteiger partial charge in [-0.1, -0.05) is 6.42 Å². The van der Waals surface area contributed by atoms with Gasteiger partial charge in [0, 0.05) is 33.3 Å². The van der Waals surface area contributed by atoms with Crippen molar-refractivity contribution in [2.45, 2.75) is 32.2 Å². The number of aliphatic imine (C=N–C) groups is 1. The summed E-state index contributed by atoms with van der Waals surface area (Å²) in [6.45, 7) is 3.41. The summed E-state index contributed by atoms with van der Waals surface area (Å²) in [6, 6.07) is 0.106. The Hall–Kier alpha value is -0.130. The van der Waals surface area contributed by atoms with Crippen LogP contribution >= 0.6 is 24.0 Å². The summed E-state index contributed by atoms with van der Waals surface area (Å²) < 4.78 is 31.4. The Morgan fingerprint density at radius 1 is 1.41 bits per heavy atom. The number of nitrogens with zero attached hydrogens (tertiary/aromatic N) is 1. The number of ether oxygens (including phenoxy) is 1. The first kappa shape index (κ1) is 21.9. The first-order valence-electron chi connectivity index (χ1n) is 7.40. The van der Waals surface area contributed by atoms with Crippen LogP contribution in [0.25, 0.3) is 0 Å². The highest BCUT2D eigenvalue weighted by Gasteiger charge is 2.20. The molecule has 1 unspecified atom stereocenters. The molecule has 1 fully saturated rings. The van der Waals surface area contributed by atoms with Crippen molar-refractivity contribution in [3.63, 3.8) is 0 Å². The van der Waals surface area contributed by atoms with Gasteiger partial charge in [-0.3, -0.25) is 4.99 Å². The molecule has 0 amide bonds. The average Bonchev–Trinajstić information content (AvgIpc) is 2.35. The Labute approximate surface area is 151 Å². The normalized spacial score (nSPS) is 17.3. The second kappa shape index (κ2) is 11.4. The lowest BCUT2D eigenvalue weighted by Gasteiger charge is -2.25. The molecule has 0 aliphatic heterocycles. The van der Waals surface area contributed by atoms with Crippen LogP contribution in [-0.2, 0) is 14.8 Å². The monoisotopic (exact) mass is 448 g/mol. The predicted molar refractivity (Wildman–Crippen MR) is 100 cm³/mol. The molecule has 0 spiro atoms. The van der Waals surface area contributed by atoms with Crippen LogP contribution in [0.3, 0.4) is 0 Å². The highest BCUT2D eigenvalue weighted by Crippen LogP contribution is 2.25. The van der Waals surface area contributed by atoms with E-state index in [2.05, 4.69) is 20.3 Å². The minimum absolute atomic E-state index is 0. The average molecular weight is 448 g/mol. The van der Waals surface area contributed by atoms with Gasteiger partial charge in [-0.05, 0) is 25.7 Å². The fraction of sp³-hybridized carbons (Fsp3) is 0.923. The van der Waals surface area contributed by atoms with E-state index >= 15 is 0 Å². The van der Waals surface area contributed by atoms with E-state index in [1.807, 2.05) is 6.92 Å². The van der Waals surface area contributed by atoms with E-state index in [0.29, 0.717) is 31.6 Å². The van der Waals surface area contributed by atoms with Crippen molar-refractivity contribution in [3.05, 3.63) is 0 Å². The molecule has 132 valence electrons. The molecule has 9 heteroatoms. The van der Waals surface area contributed by atoms with E-state index in [1.54, 1.807) is 14.2 Å². The van der Waals surface area contributed by atoms with Crippen molar-refractivity contribution in [2.75, 3.05) is 39.6 Å². The number of hydrogen-bond acceptors (Lipinski definition) is 4. The van der Waals surface area contributed by atoms with Gasteiger partial charge < -0.3 is 15.4 Å². The Bertz CT molecular complexity index is 427. The van der Waals surface area contributed by atoms with Crippen molar-refractivity contribution in [2.24, 2.45) is 10.9 Å². The second-order valence-corrected chi connectivity index (χ2v) is 7.39. The maximum absolute atomic E-state index is 11.8. The molecule has 3 N–H and O–H groups in total. The molecule has 0 bridgehead atoms. The summed E-state index contributed by atoms with van der Waals surface area (Å²) in [5.74, 6) is 1.14. The Morgan fingerprint density at radius 3 is 2.59 bits per heavy atom. The van der Waals surface area contributed by atoms with Crippen LogP contribution in [0.4, 0.5) is 0 Å². The van der Waals surface area contributed by atoms with Crippen LogP contribution in [0.5, 0.6) is 0 Å². The van der Waals surface area contributed by atoms with Gasteiger partial charge in [0.05, 0.1) is 12.4 Å². The molecule has 1 aliphatic carbocycles. The van der Waals surface area contributed by atoms with Crippen molar-refractivity contribution >= 4 is 40.0 Å². The maximum Gasteiger partial charge on any atom is 0.213 e. The van der Waals surface area contributed by atoms with Crippen molar-refractivity contribution < 1.29 is 13.2 Å². The zero-order valence-electron chi connectivity index (χ0n) is 13.6. The molecule has 0 saturated heterocycles. The predicted octanol–water partition coefficient (Wildman–Crippen LogP) is 0.524. The van der Waals surface area contributed by atoms with Crippen molar-refractivity contribution in [1.29, 1.82) is 0 Å². The van der Waals surface area contributed by atoms with Gasteiger partial charge in [0.25, 0.3) is 0 Å². The molecular formula is C13H29IN4O3S. The largest absolute Gasteiger partial charge is 0.383 e. The third kappa shape index (κ3) is 9.11. The number of sulfonamides is 1. The lowest BCUT2D eigenvalue weighted by Crippen LogP contribution is -2.46. The zero-order valence-corrected chi connectivity index (χ0v) is 16.7.